The monoisotopic (exact) mass is 276 g/mol. The van der Waals surface area contributed by atoms with Crippen LogP contribution in [0.3, 0.4) is 0 Å². The third-order valence-electron chi connectivity index (χ3n) is 3.16. The summed E-state index contributed by atoms with van der Waals surface area (Å²) in [5, 5.41) is 1.93. The number of hydrogen-bond donors (Lipinski definition) is 1. The summed E-state index contributed by atoms with van der Waals surface area (Å²) in [6, 6.07) is 10.6. The number of benzene rings is 2. The van der Waals surface area contributed by atoms with E-state index in [1.807, 2.05) is 24.5 Å². The lowest BCUT2D eigenvalue weighted by Crippen LogP contribution is -2.04. The number of anilines is 1. The largest absolute Gasteiger partial charge is 0.416 e. The zero-order chi connectivity index (χ0) is 14.3. The fourth-order valence-corrected chi connectivity index (χ4v) is 2.13. The van der Waals surface area contributed by atoms with Crippen molar-refractivity contribution < 1.29 is 13.2 Å². The second-order valence-electron chi connectivity index (χ2n) is 4.60. The lowest BCUT2D eigenvalue weighted by atomic mass is 10.2. The van der Waals surface area contributed by atoms with Crippen LogP contribution in [-0.2, 0) is 6.18 Å². The maximum absolute atomic E-state index is 12.5. The van der Waals surface area contributed by atoms with Crippen molar-refractivity contribution in [2.24, 2.45) is 0 Å². The number of nitrogens with two attached hydrogens (primary N) is 1. The molecule has 3 rings (SSSR count). The predicted molar refractivity (Wildman–Crippen MR) is 72.7 cm³/mol. The third-order valence-corrected chi connectivity index (χ3v) is 3.16. The second-order valence-corrected chi connectivity index (χ2v) is 4.60. The molecule has 0 atom stereocenters. The fourth-order valence-electron chi connectivity index (χ4n) is 2.13. The molecule has 2 aromatic carbocycles. The van der Waals surface area contributed by atoms with E-state index < -0.39 is 11.7 Å². The highest BCUT2D eigenvalue weighted by Gasteiger charge is 2.29. The maximum atomic E-state index is 12.5. The van der Waals surface area contributed by atoms with Crippen LogP contribution in [0.5, 0.6) is 0 Å². The van der Waals surface area contributed by atoms with Crippen molar-refractivity contribution in [3.63, 3.8) is 0 Å². The van der Waals surface area contributed by atoms with E-state index in [-0.39, 0.29) is 0 Å². The average Bonchev–Trinajstić information content (AvgIpc) is 2.80. The topological polar surface area (TPSA) is 30.9 Å². The molecule has 2 nitrogen and oxygen atoms in total. The van der Waals surface area contributed by atoms with Gasteiger partial charge in [-0.2, -0.15) is 13.2 Å². The number of alkyl halides is 3. The van der Waals surface area contributed by atoms with Crippen molar-refractivity contribution >= 4 is 16.5 Å². The van der Waals surface area contributed by atoms with Gasteiger partial charge in [-0.3, -0.25) is 0 Å². The summed E-state index contributed by atoms with van der Waals surface area (Å²) in [5.74, 6) is 0. The van der Waals surface area contributed by atoms with E-state index in [1.165, 1.54) is 12.1 Å². The van der Waals surface area contributed by atoms with E-state index in [0.29, 0.717) is 11.4 Å². The first-order valence-electron chi connectivity index (χ1n) is 5.98. The van der Waals surface area contributed by atoms with E-state index in [2.05, 4.69) is 0 Å². The molecule has 0 aliphatic rings. The summed E-state index contributed by atoms with van der Waals surface area (Å²) >= 11 is 0. The van der Waals surface area contributed by atoms with Crippen LogP contribution in [-0.4, -0.2) is 4.57 Å². The summed E-state index contributed by atoms with van der Waals surface area (Å²) in [4.78, 5) is 0. The molecular weight excluding hydrogens is 265 g/mol. The Kier molecular flexibility index (Phi) is 2.71. The van der Waals surface area contributed by atoms with Gasteiger partial charge in [0.1, 0.15) is 0 Å². The normalized spacial score (nSPS) is 11.9. The Hall–Kier alpha value is -2.43. The summed E-state index contributed by atoms with van der Waals surface area (Å²) < 4.78 is 39.3. The average molecular weight is 276 g/mol. The van der Waals surface area contributed by atoms with Crippen LogP contribution >= 0.6 is 0 Å². The number of hydrogen-bond acceptors (Lipinski definition) is 1. The lowest BCUT2D eigenvalue weighted by molar-refractivity contribution is -0.137. The molecule has 1 aromatic heterocycles. The molecule has 0 fully saturated rings. The van der Waals surface area contributed by atoms with Gasteiger partial charge in [0.25, 0.3) is 0 Å². The van der Waals surface area contributed by atoms with Crippen LogP contribution in [0.4, 0.5) is 18.9 Å². The standard InChI is InChI=1S/C15H11F3N2/c16-15(17,18)12-2-5-14(6-3-12)20-8-10-1-4-13(19)7-11(10)9-20/h1-9H,19H2. The Balaban J connectivity index is 2.02. The van der Waals surface area contributed by atoms with Crippen molar-refractivity contribution in [2.75, 3.05) is 5.73 Å². The van der Waals surface area contributed by atoms with Gasteiger partial charge in [0.2, 0.25) is 0 Å². The highest BCUT2D eigenvalue weighted by atomic mass is 19.4. The fraction of sp³-hybridized carbons (Fsp3) is 0.0667. The Morgan fingerprint density at radius 1 is 0.850 bits per heavy atom. The number of aromatic nitrogens is 1. The Morgan fingerprint density at radius 3 is 2.15 bits per heavy atom. The quantitative estimate of drug-likeness (QED) is 0.662. The lowest BCUT2D eigenvalue weighted by Gasteiger charge is -2.08. The van der Waals surface area contributed by atoms with Crippen LogP contribution in [0.2, 0.25) is 0 Å². The SMILES string of the molecule is Nc1ccc2cn(-c3ccc(C(F)(F)F)cc3)cc2c1. The van der Waals surface area contributed by atoms with Gasteiger partial charge in [-0.25, -0.2) is 0 Å². The summed E-state index contributed by atoms with van der Waals surface area (Å²) in [6.45, 7) is 0. The number of fused-ring (bicyclic) bond motifs is 1. The van der Waals surface area contributed by atoms with Crippen molar-refractivity contribution in [1.29, 1.82) is 0 Å². The van der Waals surface area contributed by atoms with Gasteiger partial charge in [-0.1, -0.05) is 6.07 Å². The molecule has 0 spiro atoms. The molecule has 3 aromatic rings. The minimum atomic E-state index is -4.31. The van der Waals surface area contributed by atoms with E-state index in [1.54, 1.807) is 10.6 Å². The van der Waals surface area contributed by atoms with E-state index >= 15 is 0 Å². The van der Waals surface area contributed by atoms with Gasteiger partial charge in [0.15, 0.2) is 0 Å². The second kappa shape index (κ2) is 4.30. The first kappa shape index (κ1) is 12.6. The van der Waals surface area contributed by atoms with Crippen LogP contribution < -0.4 is 5.73 Å². The molecule has 0 unspecified atom stereocenters. The van der Waals surface area contributed by atoms with Crippen LogP contribution in [0, 0.1) is 0 Å². The highest BCUT2D eigenvalue weighted by molar-refractivity contribution is 5.85. The molecule has 0 saturated heterocycles. The molecule has 102 valence electrons. The molecule has 0 bridgehead atoms. The summed E-state index contributed by atoms with van der Waals surface area (Å²) in [7, 11) is 0. The summed E-state index contributed by atoms with van der Waals surface area (Å²) in [6.07, 6.45) is -0.611. The minimum absolute atomic E-state index is 0.651. The van der Waals surface area contributed by atoms with Gasteiger partial charge in [-0.15, -0.1) is 0 Å². The molecule has 0 saturated carbocycles. The molecule has 20 heavy (non-hydrogen) atoms. The Bertz CT molecular complexity index is 755. The maximum Gasteiger partial charge on any atom is 0.416 e. The number of halogens is 3. The van der Waals surface area contributed by atoms with Crippen molar-refractivity contribution in [3.8, 4) is 5.69 Å². The van der Waals surface area contributed by atoms with Crippen LogP contribution in [0.25, 0.3) is 16.5 Å². The van der Waals surface area contributed by atoms with Gasteiger partial charge >= 0.3 is 6.18 Å². The molecule has 0 aliphatic heterocycles. The zero-order valence-corrected chi connectivity index (χ0v) is 10.4. The third kappa shape index (κ3) is 2.22. The number of rotatable bonds is 1. The van der Waals surface area contributed by atoms with Crippen molar-refractivity contribution in [1.82, 2.24) is 4.57 Å². The highest BCUT2D eigenvalue weighted by Crippen LogP contribution is 2.30. The van der Waals surface area contributed by atoms with Crippen molar-refractivity contribution in [2.45, 2.75) is 6.18 Å². The zero-order valence-electron chi connectivity index (χ0n) is 10.4. The van der Waals surface area contributed by atoms with Gasteiger partial charge in [-0.05, 0) is 41.8 Å². The molecule has 5 heteroatoms. The smallest absolute Gasteiger partial charge is 0.399 e. The van der Waals surface area contributed by atoms with E-state index in [0.717, 1.165) is 22.9 Å². The predicted octanol–water partition coefficient (Wildman–Crippen LogP) is 4.23. The molecular formula is C15H11F3N2. The Labute approximate surface area is 113 Å². The molecule has 2 N–H and O–H groups in total. The van der Waals surface area contributed by atoms with Gasteiger partial charge in [0.05, 0.1) is 5.56 Å². The van der Waals surface area contributed by atoms with Crippen molar-refractivity contribution in [3.05, 3.63) is 60.4 Å². The summed E-state index contributed by atoms with van der Waals surface area (Å²) in [5.41, 5.74) is 6.38. The number of nitrogen functional groups attached to an aromatic ring is 1. The molecule has 1 heterocycles. The Morgan fingerprint density at radius 2 is 1.50 bits per heavy atom. The van der Waals surface area contributed by atoms with Crippen LogP contribution in [0.1, 0.15) is 5.56 Å². The van der Waals surface area contributed by atoms with Crippen LogP contribution in [0.15, 0.2) is 54.9 Å². The number of nitrogens with zero attached hydrogens (tertiary/aromatic N) is 1. The van der Waals surface area contributed by atoms with Gasteiger partial charge in [0, 0.05) is 29.2 Å². The molecule has 0 amide bonds. The molecule has 0 aliphatic carbocycles. The van der Waals surface area contributed by atoms with Gasteiger partial charge < -0.3 is 10.3 Å². The van der Waals surface area contributed by atoms with E-state index in [4.69, 9.17) is 5.73 Å². The first-order chi connectivity index (χ1) is 9.43. The van der Waals surface area contributed by atoms with E-state index in [9.17, 15) is 13.2 Å². The first-order valence-corrected chi connectivity index (χ1v) is 5.98. The minimum Gasteiger partial charge on any atom is -0.399 e. The molecule has 0 radical (unpaired) electrons.